The van der Waals surface area contributed by atoms with E-state index in [1.165, 1.54) is 63.4 Å². The largest absolute Gasteiger partial charge is 0.393 e. The zero-order valence-corrected chi connectivity index (χ0v) is 16.4. The summed E-state index contributed by atoms with van der Waals surface area (Å²) in [5.41, 5.74) is 2.91. The Morgan fingerprint density at radius 1 is 1.00 bits per heavy atom. The van der Waals surface area contributed by atoms with Crippen molar-refractivity contribution in [1.29, 1.82) is 0 Å². The van der Waals surface area contributed by atoms with E-state index in [0.29, 0.717) is 22.2 Å². The van der Waals surface area contributed by atoms with Gasteiger partial charge in [-0.3, -0.25) is 0 Å². The average molecular weight is 331 g/mol. The fourth-order valence-electron chi connectivity index (χ4n) is 8.35. The fraction of sp³-hybridized carbons (Fsp3) is 0.913. The van der Waals surface area contributed by atoms with Gasteiger partial charge in [0.2, 0.25) is 0 Å². The standard InChI is InChI=1S/C23H38O/c1-15-8-11-21(3)12-9-17-19-7-6-18(16(2)24)22(19,4)13-10-20(17)23(21,5)14-15/h16-20,24H,1,6-14H2,2-5H3/t16-,17+,18+,19-,20-,21+,22-,23+/m0/s1. The van der Waals surface area contributed by atoms with Crippen LogP contribution in [0, 0.1) is 39.9 Å². The molecule has 0 bridgehead atoms. The van der Waals surface area contributed by atoms with Crippen molar-refractivity contribution in [2.24, 2.45) is 39.9 Å². The molecule has 24 heavy (non-hydrogen) atoms. The first-order valence-corrected chi connectivity index (χ1v) is 10.6. The van der Waals surface area contributed by atoms with E-state index in [2.05, 4.69) is 27.4 Å². The Balaban J connectivity index is 1.67. The summed E-state index contributed by atoms with van der Waals surface area (Å²) in [6, 6.07) is 0. The molecule has 136 valence electrons. The minimum atomic E-state index is -0.129. The van der Waals surface area contributed by atoms with Crippen LogP contribution < -0.4 is 0 Å². The van der Waals surface area contributed by atoms with E-state index in [-0.39, 0.29) is 6.10 Å². The van der Waals surface area contributed by atoms with E-state index in [0.717, 1.165) is 17.8 Å². The number of allylic oxidation sites excluding steroid dienone is 1. The van der Waals surface area contributed by atoms with E-state index in [4.69, 9.17) is 0 Å². The first-order chi connectivity index (χ1) is 11.2. The minimum absolute atomic E-state index is 0.129. The molecule has 4 fully saturated rings. The molecule has 0 radical (unpaired) electrons. The van der Waals surface area contributed by atoms with E-state index >= 15 is 0 Å². The van der Waals surface area contributed by atoms with Crippen LogP contribution in [0.25, 0.3) is 0 Å². The summed E-state index contributed by atoms with van der Waals surface area (Å²) in [6.45, 7) is 14.2. The summed E-state index contributed by atoms with van der Waals surface area (Å²) >= 11 is 0. The highest BCUT2D eigenvalue weighted by molar-refractivity contribution is 5.17. The number of hydrogen-bond acceptors (Lipinski definition) is 1. The molecule has 0 amide bonds. The Morgan fingerprint density at radius 2 is 1.75 bits per heavy atom. The molecule has 4 saturated carbocycles. The van der Waals surface area contributed by atoms with Crippen molar-refractivity contribution in [3.05, 3.63) is 12.2 Å². The van der Waals surface area contributed by atoms with Crippen LogP contribution in [0.1, 0.15) is 85.5 Å². The van der Waals surface area contributed by atoms with Crippen molar-refractivity contribution < 1.29 is 5.11 Å². The normalized spacial score (nSPS) is 55.5. The van der Waals surface area contributed by atoms with Crippen LogP contribution in [0.15, 0.2) is 12.2 Å². The lowest BCUT2D eigenvalue weighted by molar-refractivity contribution is -0.148. The predicted octanol–water partition coefficient (Wildman–Crippen LogP) is 5.97. The monoisotopic (exact) mass is 330 g/mol. The highest BCUT2D eigenvalue weighted by atomic mass is 16.3. The molecule has 0 aromatic rings. The molecule has 0 aliphatic heterocycles. The topological polar surface area (TPSA) is 20.2 Å². The van der Waals surface area contributed by atoms with Gasteiger partial charge in [0.05, 0.1) is 6.10 Å². The van der Waals surface area contributed by atoms with E-state index < -0.39 is 0 Å². The van der Waals surface area contributed by atoms with Crippen molar-refractivity contribution in [3.63, 3.8) is 0 Å². The summed E-state index contributed by atoms with van der Waals surface area (Å²) in [5.74, 6) is 3.17. The molecule has 0 unspecified atom stereocenters. The Labute approximate surface area is 149 Å². The summed E-state index contributed by atoms with van der Waals surface area (Å²) < 4.78 is 0. The van der Waals surface area contributed by atoms with Crippen LogP contribution in [0.3, 0.4) is 0 Å². The zero-order valence-electron chi connectivity index (χ0n) is 16.4. The molecule has 4 rings (SSSR count). The van der Waals surface area contributed by atoms with Gasteiger partial charge in [0.25, 0.3) is 0 Å². The van der Waals surface area contributed by atoms with Gasteiger partial charge in [-0.2, -0.15) is 0 Å². The lowest BCUT2D eigenvalue weighted by Gasteiger charge is -2.65. The number of aliphatic hydroxyl groups is 1. The summed E-state index contributed by atoms with van der Waals surface area (Å²) in [7, 11) is 0. The molecular weight excluding hydrogens is 292 g/mol. The van der Waals surface area contributed by atoms with Crippen LogP contribution in [0.2, 0.25) is 0 Å². The van der Waals surface area contributed by atoms with Crippen molar-refractivity contribution in [2.75, 3.05) is 0 Å². The van der Waals surface area contributed by atoms with Crippen molar-refractivity contribution >= 4 is 0 Å². The Bertz CT molecular complexity index is 536. The molecule has 0 aromatic carbocycles. The van der Waals surface area contributed by atoms with Crippen LogP contribution >= 0.6 is 0 Å². The van der Waals surface area contributed by atoms with Crippen LogP contribution in [-0.4, -0.2) is 11.2 Å². The minimum Gasteiger partial charge on any atom is -0.393 e. The molecule has 4 aliphatic rings. The first kappa shape index (κ1) is 17.1. The van der Waals surface area contributed by atoms with Gasteiger partial charge in [-0.25, -0.2) is 0 Å². The molecular formula is C23H38O. The van der Waals surface area contributed by atoms with Crippen LogP contribution in [-0.2, 0) is 0 Å². The van der Waals surface area contributed by atoms with E-state index in [1.54, 1.807) is 0 Å². The third kappa shape index (κ3) is 2.09. The SMILES string of the molecule is C=C1CC[C@]2(C)CC[C@@H]3[C@@H]4CC[C@H]([C@H](C)O)[C@]4(C)CC[C@@H]3[C@@]2(C)C1. The zero-order chi connectivity index (χ0) is 17.3. The molecule has 0 aromatic heterocycles. The second-order valence-corrected chi connectivity index (χ2v) is 10.8. The number of aliphatic hydroxyl groups excluding tert-OH is 1. The predicted molar refractivity (Wildman–Crippen MR) is 101 cm³/mol. The molecule has 1 N–H and O–H groups in total. The number of hydrogen-bond donors (Lipinski definition) is 1. The van der Waals surface area contributed by atoms with Gasteiger partial charge >= 0.3 is 0 Å². The molecule has 8 atom stereocenters. The van der Waals surface area contributed by atoms with Crippen molar-refractivity contribution in [1.82, 2.24) is 0 Å². The molecule has 0 spiro atoms. The molecule has 0 saturated heterocycles. The van der Waals surface area contributed by atoms with Crippen LogP contribution in [0.5, 0.6) is 0 Å². The molecule has 0 heterocycles. The third-order valence-electron chi connectivity index (χ3n) is 9.97. The maximum absolute atomic E-state index is 10.4. The summed E-state index contributed by atoms with van der Waals surface area (Å²) in [5, 5.41) is 10.4. The van der Waals surface area contributed by atoms with Gasteiger partial charge in [-0.1, -0.05) is 32.9 Å². The van der Waals surface area contributed by atoms with Gasteiger partial charge in [-0.15, -0.1) is 0 Å². The Kier molecular flexibility index (Phi) is 3.82. The molecule has 1 nitrogen and oxygen atoms in total. The Hall–Kier alpha value is -0.300. The van der Waals surface area contributed by atoms with Gasteiger partial charge in [0.1, 0.15) is 0 Å². The maximum Gasteiger partial charge on any atom is 0.0545 e. The van der Waals surface area contributed by atoms with Gasteiger partial charge in [0.15, 0.2) is 0 Å². The van der Waals surface area contributed by atoms with Gasteiger partial charge < -0.3 is 5.11 Å². The molecule has 4 aliphatic carbocycles. The second kappa shape index (κ2) is 5.35. The third-order valence-corrected chi connectivity index (χ3v) is 9.97. The van der Waals surface area contributed by atoms with Crippen LogP contribution in [0.4, 0.5) is 0 Å². The summed E-state index contributed by atoms with van der Waals surface area (Å²) in [6.07, 6.45) is 12.0. The maximum atomic E-state index is 10.4. The summed E-state index contributed by atoms with van der Waals surface area (Å²) in [4.78, 5) is 0. The second-order valence-electron chi connectivity index (χ2n) is 10.8. The average Bonchev–Trinajstić information content (AvgIpc) is 2.86. The Morgan fingerprint density at radius 3 is 2.46 bits per heavy atom. The highest BCUT2D eigenvalue weighted by Crippen LogP contribution is 2.71. The first-order valence-electron chi connectivity index (χ1n) is 10.6. The fourth-order valence-corrected chi connectivity index (χ4v) is 8.35. The van der Waals surface area contributed by atoms with Gasteiger partial charge in [0, 0.05) is 0 Å². The van der Waals surface area contributed by atoms with Crippen molar-refractivity contribution in [2.45, 2.75) is 91.6 Å². The smallest absolute Gasteiger partial charge is 0.0545 e. The lowest BCUT2D eigenvalue weighted by atomic mass is 9.40. The number of fused-ring (bicyclic) bond motifs is 5. The van der Waals surface area contributed by atoms with Crippen molar-refractivity contribution in [3.8, 4) is 0 Å². The van der Waals surface area contributed by atoms with E-state index in [9.17, 15) is 5.11 Å². The highest BCUT2D eigenvalue weighted by Gasteiger charge is 2.63. The molecule has 1 heteroatoms. The van der Waals surface area contributed by atoms with Gasteiger partial charge in [-0.05, 0) is 105 Å². The van der Waals surface area contributed by atoms with E-state index in [1.807, 2.05) is 6.92 Å². The number of rotatable bonds is 1. The lowest BCUT2D eigenvalue weighted by Crippen LogP contribution is -2.57. The quantitative estimate of drug-likeness (QED) is 0.587.